The highest BCUT2D eigenvalue weighted by atomic mass is 35.5. The molecule has 0 aliphatic heterocycles. The number of aromatic nitrogens is 2. The molecule has 1 heterocycles. The van der Waals surface area contributed by atoms with Gasteiger partial charge in [-0.05, 0) is 25.0 Å². The van der Waals surface area contributed by atoms with Crippen molar-refractivity contribution in [2.24, 2.45) is 0 Å². The molecule has 142 valence electrons. The van der Waals surface area contributed by atoms with Gasteiger partial charge in [0.2, 0.25) is 10.0 Å². The van der Waals surface area contributed by atoms with E-state index in [1.807, 2.05) is 0 Å². The average Bonchev–Trinajstić information content (AvgIpc) is 2.54. The van der Waals surface area contributed by atoms with Crippen LogP contribution in [0.2, 0.25) is 5.02 Å². The normalized spacial score (nSPS) is 11.5. The van der Waals surface area contributed by atoms with Gasteiger partial charge in [0.1, 0.15) is 6.54 Å². The minimum Gasteiger partial charge on any atom is -0.465 e. The number of fused-ring (bicyclic) bond motifs is 1. The van der Waals surface area contributed by atoms with Crippen LogP contribution in [0.4, 0.5) is 5.69 Å². The monoisotopic (exact) mass is 403 g/mol. The van der Waals surface area contributed by atoms with Gasteiger partial charge < -0.3 is 14.7 Å². The fourth-order valence-electron chi connectivity index (χ4n) is 2.45. The van der Waals surface area contributed by atoms with Crippen LogP contribution in [0.25, 0.3) is 11.0 Å². The molecule has 0 radical (unpaired) electrons. The van der Waals surface area contributed by atoms with Gasteiger partial charge in [-0.25, -0.2) is 8.42 Å². The fourth-order valence-corrected chi connectivity index (χ4v) is 3.74. The number of carbonyl (C=O) groups is 1. The highest BCUT2D eigenvalue weighted by Crippen LogP contribution is 2.36. The summed E-state index contributed by atoms with van der Waals surface area (Å²) in [7, 11) is -3.96. The van der Waals surface area contributed by atoms with Crippen molar-refractivity contribution in [3.63, 3.8) is 0 Å². The number of benzene rings is 1. The lowest BCUT2D eigenvalue weighted by Gasteiger charge is -2.24. The molecule has 0 saturated carbocycles. The highest BCUT2D eigenvalue weighted by Gasteiger charge is 2.28. The molecule has 9 nitrogen and oxygen atoms in total. The molecule has 26 heavy (non-hydrogen) atoms. The minimum absolute atomic E-state index is 0.00604. The van der Waals surface area contributed by atoms with Crippen LogP contribution in [0.15, 0.2) is 15.7 Å². The summed E-state index contributed by atoms with van der Waals surface area (Å²) in [6.45, 7) is 2.82. The lowest BCUT2D eigenvalue weighted by atomic mass is 10.1. The Morgan fingerprint density at radius 3 is 2.38 bits per heavy atom. The van der Waals surface area contributed by atoms with E-state index in [9.17, 15) is 22.8 Å². The lowest BCUT2D eigenvalue weighted by Crippen LogP contribution is -2.37. The van der Waals surface area contributed by atoms with E-state index in [1.54, 1.807) is 19.9 Å². The third-order valence-corrected chi connectivity index (χ3v) is 5.15. The fraction of sp³-hybridized carbons (Fsp3) is 0.400. The molecule has 0 spiro atoms. The van der Waals surface area contributed by atoms with Gasteiger partial charge in [-0.1, -0.05) is 18.5 Å². The Balaban J connectivity index is 2.87. The maximum Gasteiger partial charge on any atom is 0.326 e. The van der Waals surface area contributed by atoms with Crippen molar-refractivity contribution < 1.29 is 17.9 Å². The van der Waals surface area contributed by atoms with Crippen molar-refractivity contribution in [2.75, 3.05) is 23.7 Å². The maximum atomic E-state index is 12.3. The van der Waals surface area contributed by atoms with Gasteiger partial charge in [0.15, 0.2) is 0 Å². The molecule has 0 unspecified atom stereocenters. The van der Waals surface area contributed by atoms with Gasteiger partial charge in [0, 0.05) is 0 Å². The van der Waals surface area contributed by atoms with Crippen LogP contribution >= 0.6 is 11.6 Å². The number of ether oxygens (including phenoxy) is 1. The first-order chi connectivity index (χ1) is 12.1. The molecule has 0 fully saturated rings. The van der Waals surface area contributed by atoms with Gasteiger partial charge >= 0.3 is 17.1 Å². The number of sulfonamides is 1. The zero-order valence-electron chi connectivity index (χ0n) is 14.4. The number of nitrogens with one attached hydrogen (secondary N) is 2. The smallest absolute Gasteiger partial charge is 0.326 e. The topological polar surface area (TPSA) is 129 Å². The Kier molecular flexibility index (Phi) is 5.77. The number of aromatic amines is 2. The van der Waals surface area contributed by atoms with E-state index in [1.165, 1.54) is 0 Å². The molecule has 2 N–H and O–H groups in total. The largest absolute Gasteiger partial charge is 0.465 e. The van der Waals surface area contributed by atoms with Crippen molar-refractivity contribution in [3.8, 4) is 0 Å². The van der Waals surface area contributed by atoms with Crippen molar-refractivity contribution >= 4 is 44.3 Å². The van der Waals surface area contributed by atoms with Crippen LogP contribution in [0.3, 0.4) is 0 Å². The third kappa shape index (κ3) is 3.91. The number of anilines is 1. The number of carbonyl (C=O) groups excluding carboxylic acids is 1. The Bertz CT molecular complexity index is 1070. The van der Waals surface area contributed by atoms with Crippen LogP contribution < -0.4 is 15.4 Å². The minimum atomic E-state index is -3.96. The SMILES string of the molecule is CCOC(=O)CN(c1c(Cl)c(CC)cc2[nH]c(=O)c(=O)[nH]c12)S(C)(=O)=O. The molecule has 0 atom stereocenters. The second kappa shape index (κ2) is 7.50. The van der Waals surface area contributed by atoms with Crippen LogP contribution in [0.5, 0.6) is 0 Å². The molecular formula is C15H18ClN3O6S. The van der Waals surface area contributed by atoms with Gasteiger partial charge in [-0.3, -0.25) is 18.7 Å². The van der Waals surface area contributed by atoms with Crippen LogP contribution in [0, 0.1) is 0 Å². The Hall–Kier alpha value is -2.33. The zero-order chi connectivity index (χ0) is 19.6. The molecule has 0 aliphatic carbocycles. The van der Waals surface area contributed by atoms with Crippen molar-refractivity contribution in [2.45, 2.75) is 20.3 Å². The summed E-state index contributed by atoms with van der Waals surface area (Å²) in [6, 6.07) is 1.54. The van der Waals surface area contributed by atoms with Gasteiger partial charge in [0.05, 0.1) is 34.6 Å². The quantitative estimate of drug-likeness (QED) is 0.541. The summed E-state index contributed by atoms with van der Waals surface area (Å²) in [5, 5.41) is 0.0532. The molecule has 0 bridgehead atoms. The standard InChI is InChI=1S/C15H18ClN3O6S/c1-4-8-6-9-12(18-15(22)14(21)17-9)13(11(8)16)19(26(3,23)24)7-10(20)25-5-2/h6H,4-5,7H2,1-3H3,(H,17,21)(H,18,22). The number of nitrogens with zero attached hydrogens (tertiary/aromatic N) is 1. The summed E-state index contributed by atoms with van der Waals surface area (Å²) in [5.74, 6) is -0.782. The summed E-state index contributed by atoms with van der Waals surface area (Å²) in [4.78, 5) is 40.0. The Labute approximate surface area is 154 Å². The van der Waals surface area contributed by atoms with E-state index in [0.29, 0.717) is 12.0 Å². The van der Waals surface area contributed by atoms with E-state index < -0.39 is 33.7 Å². The second-order valence-corrected chi connectivity index (χ2v) is 7.74. The van der Waals surface area contributed by atoms with Crippen LogP contribution in [0.1, 0.15) is 19.4 Å². The van der Waals surface area contributed by atoms with Crippen molar-refractivity contribution in [1.82, 2.24) is 9.97 Å². The number of aryl methyl sites for hydroxylation is 1. The molecule has 2 rings (SSSR count). The molecule has 0 saturated heterocycles. The van der Waals surface area contributed by atoms with Gasteiger partial charge in [-0.15, -0.1) is 0 Å². The average molecular weight is 404 g/mol. The first-order valence-electron chi connectivity index (χ1n) is 7.71. The predicted molar refractivity (Wildman–Crippen MR) is 98.4 cm³/mol. The number of hydrogen-bond acceptors (Lipinski definition) is 6. The van der Waals surface area contributed by atoms with E-state index in [2.05, 4.69) is 9.97 Å². The number of rotatable bonds is 6. The third-order valence-electron chi connectivity index (χ3n) is 3.62. The summed E-state index contributed by atoms with van der Waals surface area (Å²) in [5.41, 5.74) is -1.21. The second-order valence-electron chi connectivity index (χ2n) is 5.46. The van der Waals surface area contributed by atoms with E-state index >= 15 is 0 Å². The van der Waals surface area contributed by atoms with Crippen molar-refractivity contribution in [3.05, 3.63) is 37.4 Å². The van der Waals surface area contributed by atoms with Crippen LogP contribution in [-0.2, 0) is 26.0 Å². The van der Waals surface area contributed by atoms with E-state index in [-0.39, 0.29) is 28.4 Å². The summed E-state index contributed by atoms with van der Waals surface area (Å²) >= 11 is 6.37. The van der Waals surface area contributed by atoms with E-state index in [4.69, 9.17) is 16.3 Å². The molecule has 0 amide bonds. The van der Waals surface area contributed by atoms with Gasteiger partial charge in [-0.2, -0.15) is 0 Å². The molecule has 0 aliphatic rings. The molecular weight excluding hydrogens is 386 g/mol. The Morgan fingerprint density at radius 2 is 1.85 bits per heavy atom. The molecule has 2 aromatic rings. The Morgan fingerprint density at radius 1 is 1.23 bits per heavy atom. The summed E-state index contributed by atoms with van der Waals surface area (Å²) < 4.78 is 30.2. The first-order valence-corrected chi connectivity index (χ1v) is 9.93. The van der Waals surface area contributed by atoms with E-state index in [0.717, 1.165) is 10.6 Å². The zero-order valence-corrected chi connectivity index (χ0v) is 16.0. The summed E-state index contributed by atoms with van der Waals surface area (Å²) in [6.07, 6.45) is 1.33. The maximum absolute atomic E-state index is 12.3. The van der Waals surface area contributed by atoms with Crippen LogP contribution in [-0.4, -0.2) is 43.8 Å². The number of H-pyrrole nitrogens is 2. The lowest BCUT2D eigenvalue weighted by molar-refractivity contribution is -0.141. The molecule has 1 aromatic heterocycles. The highest BCUT2D eigenvalue weighted by molar-refractivity contribution is 7.92. The number of halogens is 1. The first kappa shape index (κ1) is 20.0. The predicted octanol–water partition coefficient (Wildman–Crippen LogP) is 0.761. The number of esters is 1. The molecule has 11 heteroatoms. The van der Waals surface area contributed by atoms with Gasteiger partial charge in [0.25, 0.3) is 0 Å². The number of hydrogen-bond donors (Lipinski definition) is 2. The molecule has 1 aromatic carbocycles. The van der Waals surface area contributed by atoms with Crippen molar-refractivity contribution in [1.29, 1.82) is 0 Å².